The molecule has 0 saturated carbocycles. The third kappa shape index (κ3) is 2.41. The molecule has 0 radical (unpaired) electrons. The molecule has 0 saturated heterocycles. The van der Waals surface area contributed by atoms with E-state index in [2.05, 4.69) is 4.99 Å². The Hall–Kier alpha value is -3.01. The van der Waals surface area contributed by atoms with Crippen molar-refractivity contribution in [3.63, 3.8) is 0 Å². The van der Waals surface area contributed by atoms with Crippen molar-refractivity contribution in [2.75, 3.05) is 6.61 Å². The molecular formula is C22H19NO3. The number of hydrogen-bond acceptors (Lipinski definition) is 4. The summed E-state index contributed by atoms with van der Waals surface area (Å²) in [6, 6.07) is 17.2. The van der Waals surface area contributed by atoms with E-state index in [1.54, 1.807) is 6.92 Å². The molecular weight excluding hydrogens is 326 g/mol. The van der Waals surface area contributed by atoms with Crippen LogP contribution in [-0.2, 0) is 9.53 Å². The highest BCUT2D eigenvalue weighted by Gasteiger charge is 2.47. The summed E-state index contributed by atoms with van der Waals surface area (Å²) in [4.78, 5) is 30.6. The number of carbonyl (C=O) groups excluding carboxylic acids is 2. The molecule has 4 rings (SSSR count). The van der Waals surface area contributed by atoms with Gasteiger partial charge in [0.2, 0.25) is 0 Å². The topological polar surface area (TPSA) is 55.7 Å². The summed E-state index contributed by atoms with van der Waals surface area (Å²) in [5, 5.41) is 0. The Morgan fingerprint density at radius 2 is 1.65 bits per heavy atom. The summed E-state index contributed by atoms with van der Waals surface area (Å²) in [7, 11) is 0. The van der Waals surface area contributed by atoms with Gasteiger partial charge in [-0.15, -0.1) is 0 Å². The maximum absolute atomic E-state index is 13.2. The summed E-state index contributed by atoms with van der Waals surface area (Å²) in [5.41, 5.74) is 4.32. The summed E-state index contributed by atoms with van der Waals surface area (Å²) < 4.78 is 5.29. The van der Waals surface area contributed by atoms with Crippen molar-refractivity contribution in [2.24, 2.45) is 10.9 Å². The second kappa shape index (κ2) is 6.37. The Balaban J connectivity index is 1.94. The summed E-state index contributed by atoms with van der Waals surface area (Å²) in [6.07, 6.45) is 0. The number of carbonyl (C=O) groups is 2. The average Bonchev–Trinajstić information content (AvgIpc) is 2.94. The fraction of sp³-hybridized carbons (Fsp3) is 0.227. The van der Waals surface area contributed by atoms with E-state index in [1.165, 1.54) is 0 Å². The smallest absolute Gasteiger partial charge is 0.336 e. The number of aliphatic imine (C=N–C) groups is 1. The van der Waals surface area contributed by atoms with Crippen LogP contribution in [0.5, 0.6) is 0 Å². The van der Waals surface area contributed by atoms with Crippen LogP contribution in [0.3, 0.4) is 0 Å². The molecule has 2 aromatic rings. The minimum absolute atomic E-state index is 0.0162. The van der Waals surface area contributed by atoms with Gasteiger partial charge in [-0.1, -0.05) is 54.6 Å². The molecule has 0 unspecified atom stereocenters. The molecule has 0 fully saturated rings. The second-order valence-electron chi connectivity index (χ2n) is 6.49. The van der Waals surface area contributed by atoms with E-state index in [0.717, 1.165) is 16.8 Å². The van der Waals surface area contributed by atoms with Crippen LogP contribution in [0.15, 0.2) is 70.9 Å². The van der Waals surface area contributed by atoms with Gasteiger partial charge >= 0.3 is 5.97 Å². The summed E-state index contributed by atoms with van der Waals surface area (Å²) >= 11 is 0. The monoisotopic (exact) mass is 345 g/mol. The highest BCUT2D eigenvalue weighted by atomic mass is 16.5. The van der Waals surface area contributed by atoms with Crippen molar-refractivity contribution >= 4 is 17.5 Å². The predicted octanol–water partition coefficient (Wildman–Crippen LogP) is 3.92. The Morgan fingerprint density at radius 1 is 1.00 bits per heavy atom. The minimum atomic E-state index is -0.488. The number of ketones is 1. The van der Waals surface area contributed by atoms with Gasteiger partial charge in [-0.05, 0) is 19.4 Å². The normalized spacial score (nSPS) is 21.2. The molecule has 0 bridgehead atoms. The van der Waals surface area contributed by atoms with Gasteiger partial charge < -0.3 is 4.74 Å². The lowest BCUT2D eigenvalue weighted by molar-refractivity contribution is -0.139. The van der Waals surface area contributed by atoms with Crippen LogP contribution in [0.1, 0.15) is 41.3 Å². The van der Waals surface area contributed by atoms with Gasteiger partial charge in [0.05, 0.1) is 23.8 Å². The first-order valence-electron chi connectivity index (χ1n) is 8.78. The number of esters is 1. The number of allylic oxidation sites excluding steroid dienone is 1. The summed E-state index contributed by atoms with van der Waals surface area (Å²) in [6.45, 7) is 3.88. The van der Waals surface area contributed by atoms with Crippen molar-refractivity contribution in [1.29, 1.82) is 0 Å². The van der Waals surface area contributed by atoms with E-state index in [-0.39, 0.29) is 18.3 Å². The number of Topliss-reactive ketones (excluding diaryl/α,β-unsaturated/α-hetero) is 1. The number of fused-ring (bicyclic) bond motifs is 3. The zero-order valence-corrected chi connectivity index (χ0v) is 14.7. The highest BCUT2D eigenvalue weighted by molar-refractivity contribution is 6.30. The number of ether oxygens (including phenoxy) is 1. The number of hydrogen-bond donors (Lipinski definition) is 0. The van der Waals surface area contributed by atoms with Crippen LogP contribution in [0, 0.1) is 5.92 Å². The molecule has 130 valence electrons. The third-order valence-corrected chi connectivity index (χ3v) is 5.02. The molecule has 0 amide bonds. The average molecular weight is 345 g/mol. The van der Waals surface area contributed by atoms with Crippen LogP contribution < -0.4 is 0 Å². The predicted molar refractivity (Wildman–Crippen MR) is 99.3 cm³/mol. The van der Waals surface area contributed by atoms with Gasteiger partial charge in [0.15, 0.2) is 5.78 Å². The van der Waals surface area contributed by atoms with E-state index in [1.807, 2.05) is 61.5 Å². The van der Waals surface area contributed by atoms with Gasteiger partial charge in [-0.25, -0.2) is 4.79 Å². The van der Waals surface area contributed by atoms with Gasteiger partial charge in [-0.2, -0.15) is 0 Å². The molecule has 0 spiro atoms. The SMILES string of the molecule is CCOC(=O)C1=C(C)N=C2c3ccccc3C(=O)[C@H]2[C@H]1c1ccccc1. The first kappa shape index (κ1) is 16.5. The molecule has 1 aliphatic heterocycles. The first-order valence-corrected chi connectivity index (χ1v) is 8.78. The Morgan fingerprint density at radius 3 is 2.35 bits per heavy atom. The van der Waals surface area contributed by atoms with Crippen LogP contribution in [0.2, 0.25) is 0 Å². The molecule has 0 aromatic heterocycles. The lowest BCUT2D eigenvalue weighted by Gasteiger charge is -2.29. The van der Waals surface area contributed by atoms with Crippen molar-refractivity contribution in [3.8, 4) is 0 Å². The van der Waals surface area contributed by atoms with Crippen LogP contribution in [0.4, 0.5) is 0 Å². The van der Waals surface area contributed by atoms with Gasteiger partial charge in [-0.3, -0.25) is 9.79 Å². The molecule has 0 N–H and O–H groups in total. The third-order valence-electron chi connectivity index (χ3n) is 5.02. The lowest BCUT2D eigenvalue weighted by Crippen LogP contribution is -2.32. The van der Waals surface area contributed by atoms with E-state index >= 15 is 0 Å². The van der Waals surface area contributed by atoms with E-state index in [9.17, 15) is 9.59 Å². The van der Waals surface area contributed by atoms with E-state index < -0.39 is 11.9 Å². The minimum Gasteiger partial charge on any atom is -0.463 e. The van der Waals surface area contributed by atoms with Crippen molar-refractivity contribution in [3.05, 3.63) is 82.6 Å². The van der Waals surface area contributed by atoms with Crippen molar-refractivity contribution in [1.82, 2.24) is 0 Å². The lowest BCUT2D eigenvalue weighted by atomic mass is 9.75. The Bertz CT molecular complexity index is 956. The van der Waals surface area contributed by atoms with Crippen LogP contribution >= 0.6 is 0 Å². The summed E-state index contributed by atoms with van der Waals surface area (Å²) in [5.74, 6) is -1.26. The van der Waals surface area contributed by atoms with Crippen molar-refractivity contribution in [2.45, 2.75) is 19.8 Å². The zero-order chi connectivity index (χ0) is 18.3. The fourth-order valence-corrected chi connectivity index (χ4v) is 3.96. The molecule has 2 atom stereocenters. The van der Waals surface area contributed by atoms with Crippen LogP contribution in [0.25, 0.3) is 0 Å². The Labute approximate surface area is 152 Å². The number of nitrogens with zero attached hydrogens (tertiary/aromatic N) is 1. The van der Waals surface area contributed by atoms with E-state index in [0.29, 0.717) is 16.8 Å². The van der Waals surface area contributed by atoms with Crippen molar-refractivity contribution < 1.29 is 14.3 Å². The molecule has 1 aliphatic carbocycles. The molecule has 1 heterocycles. The first-order chi connectivity index (χ1) is 12.6. The molecule has 4 nitrogen and oxygen atoms in total. The maximum Gasteiger partial charge on any atom is 0.336 e. The maximum atomic E-state index is 13.2. The number of benzene rings is 2. The Kier molecular flexibility index (Phi) is 4.03. The number of rotatable bonds is 3. The molecule has 4 heteroatoms. The molecule has 2 aromatic carbocycles. The fourth-order valence-electron chi connectivity index (χ4n) is 3.96. The quantitative estimate of drug-likeness (QED) is 0.792. The zero-order valence-electron chi connectivity index (χ0n) is 14.7. The second-order valence-corrected chi connectivity index (χ2v) is 6.49. The largest absolute Gasteiger partial charge is 0.463 e. The van der Waals surface area contributed by atoms with E-state index in [4.69, 9.17) is 4.74 Å². The molecule has 2 aliphatic rings. The molecule has 26 heavy (non-hydrogen) atoms. The van der Waals surface area contributed by atoms with Gasteiger partial charge in [0, 0.05) is 22.7 Å². The highest BCUT2D eigenvalue weighted by Crippen LogP contribution is 2.45. The van der Waals surface area contributed by atoms with Gasteiger partial charge in [0.1, 0.15) is 0 Å². The van der Waals surface area contributed by atoms with Crippen LogP contribution in [-0.4, -0.2) is 24.1 Å². The van der Waals surface area contributed by atoms with Gasteiger partial charge in [0.25, 0.3) is 0 Å². The standard InChI is InChI=1S/C22H19NO3/c1-3-26-22(25)17-13(2)23-20-15-11-7-8-12-16(15)21(24)19(20)18(17)14-9-5-4-6-10-14/h4-12,18-19H,3H2,1-2H3/t18-,19-/m0/s1.